The summed E-state index contributed by atoms with van der Waals surface area (Å²) in [5, 5.41) is 0. The first-order chi connectivity index (χ1) is 13.1. The lowest BCUT2D eigenvalue weighted by Gasteiger charge is -2.31. The fourth-order valence-electron chi connectivity index (χ4n) is 2.96. The highest BCUT2D eigenvalue weighted by Crippen LogP contribution is 2.30. The Labute approximate surface area is 159 Å². The molecule has 1 aliphatic rings. The van der Waals surface area contributed by atoms with Gasteiger partial charge in [-0.15, -0.1) is 0 Å². The number of hydrogen-bond donors (Lipinski definition) is 1. The molecule has 1 aromatic heterocycles. The predicted molar refractivity (Wildman–Crippen MR) is 93.6 cm³/mol. The maximum absolute atomic E-state index is 12.9. The number of nitrogens with one attached hydrogen (secondary N) is 1. The Kier molecular flexibility index (Phi) is 5.84. The van der Waals surface area contributed by atoms with E-state index in [1.165, 1.54) is 0 Å². The highest BCUT2D eigenvalue weighted by atomic mass is 32.2. The third-order valence-corrected chi connectivity index (χ3v) is 5.96. The molecular formula is C17H18F4N4O2S. The summed E-state index contributed by atoms with van der Waals surface area (Å²) in [6.07, 6.45) is -1.16. The van der Waals surface area contributed by atoms with E-state index in [0.717, 1.165) is 30.6 Å². The lowest BCUT2D eigenvalue weighted by Crippen LogP contribution is -2.39. The van der Waals surface area contributed by atoms with Gasteiger partial charge in [-0.2, -0.15) is 13.2 Å². The quantitative estimate of drug-likeness (QED) is 0.756. The lowest BCUT2D eigenvalue weighted by molar-refractivity contribution is -0.137. The molecule has 0 aliphatic carbocycles. The smallest absolute Gasteiger partial charge is 0.341 e. The Morgan fingerprint density at radius 3 is 2.39 bits per heavy atom. The second-order valence-electron chi connectivity index (χ2n) is 6.51. The molecule has 1 aliphatic heterocycles. The Bertz CT molecular complexity index is 911. The molecule has 0 bridgehead atoms. The minimum absolute atomic E-state index is 0.0253. The first-order valence-electron chi connectivity index (χ1n) is 8.54. The molecule has 152 valence electrons. The number of halogens is 4. The van der Waals surface area contributed by atoms with Gasteiger partial charge in [-0.05, 0) is 37.0 Å². The molecule has 1 fully saturated rings. The third kappa shape index (κ3) is 4.96. The molecule has 1 aromatic carbocycles. The van der Waals surface area contributed by atoms with E-state index in [4.69, 9.17) is 0 Å². The van der Waals surface area contributed by atoms with Crippen molar-refractivity contribution in [2.75, 3.05) is 24.5 Å². The number of aromatic nitrogens is 2. The van der Waals surface area contributed by atoms with Crippen LogP contribution in [0.3, 0.4) is 0 Å². The summed E-state index contributed by atoms with van der Waals surface area (Å²) in [4.78, 5) is 9.29. The van der Waals surface area contributed by atoms with Crippen LogP contribution in [0.2, 0.25) is 0 Å². The van der Waals surface area contributed by atoms with Crippen LogP contribution in [0, 0.1) is 11.7 Å². The van der Waals surface area contributed by atoms with Gasteiger partial charge in [0.2, 0.25) is 16.0 Å². The molecule has 6 nitrogen and oxygen atoms in total. The van der Waals surface area contributed by atoms with E-state index in [1.807, 2.05) is 4.90 Å². The molecule has 0 atom stereocenters. The first-order valence-corrected chi connectivity index (χ1v) is 10.0. The van der Waals surface area contributed by atoms with Crippen molar-refractivity contribution in [2.45, 2.75) is 23.9 Å². The van der Waals surface area contributed by atoms with Gasteiger partial charge in [-0.1, -0.05) is 6.07 Å². The summed E-state index contributed by atoms with van der Waals surface area (Å²) < 4.78 is 78.3. The Morgan fingerprint density at radius 1 is 1.14 bits per heavy atom. The van der Waals surface area contributed by atoms with Crippen molar-refractivity contribution in [1.29, 1.82) is 0 Å². The molecular weight excluding hydrogens is 400 g/mol. The van der Waals surface area contributed by atoms with Crippen LogP contribution in [0.5, 0.6) is 0 Å². The van der Waals surface area contributed by atoms with Gasteiger partial charge in [-0.25, -0.2) is 27.5 Å². The fraction of sp³-hybridized carbons (Fsp3) is 0.412. The zero-order valence-electron chi connectivity index (χ0n) is 14.7. The fourth-order valence-corrected chi connectivity index (χ4v) is 4.12. The molecule has 1 N–H and O–H groups in total. The Balaban J connectivity index is 1.57. The average molecular weight is 418 g/mol. The van der Waals surface area contributed by atoms with Crippen LogP contribution in [0.1, 0.15) is 18.4 Å². The number of benzene rings is 1. The van der Waals surface area contributed by atoms with Crippen LogP contribution in [-0.4, -0.2) is 38.0 Å². The zero-order chi connectivity index (χ0) is 20.4. The molecule has 2 aromatic rings. The van der Waals surface area contributed by atoms with Crippen molar-refractivity contribution in [3.63, 3.8) is 0 Å². The van der Waals surface area contributed by atoms with E-state index in [1.54, 1.807) is 0 Å². The molecule has 2 heterocycles. The van der Waals surface area contributed by atoms with Gasteiger partial charge in [0, 0.05) is 19.6 Å². The number of hydrogen-bond acceptors (Lipinski definition) is 5. The average Bonchev–Trinajstić information content (AvgIpc) is 2.67. The van der Waals surface area contributed by atoms with Crippen LogP contribution < -0.4 is 9.62 Å². The molecule has 0 amide bonds. The SMILES string of the molecule is O=S(=O)(NCC1CCN(c2ncc(F)cn2)CC1)c1cccc(C(F)(F)F)c1. The van der Waals surface area contributed by atoms with E-state index < -0.39 is 32.5 Å². The topological polar surface area (TPSA) is 75.2 Å². The van der Waals surface area contributed by atoms with Gasteiger partial charge in [-0.3, -0.25) is 0 Å². The summed E-state index contributed by atoms with van der Waals surface area (Å²) in [6.45, 7) is 1.26. The van der Waals surface area contributed by atoms with Crippen LogP contribution in [0.15, 0.2) is 41.6 Å². The van der Waals surface area contributed by atoms with Crippen LogP contribution >= 0.6 is 0 Å². The van der Waals surface area contributed by atoms with Crippen molar-refractivity contribution in [3.8, 4) is 0 Å². The van der Waals surface area contributed by atoms with Gasteiger partial charge in [0.25, 0.3) is 0 Å². The second kappa shape index (κ2) is 8.00. The molecule has 0 radical (unpaired) electrons. The molecule has 3 rings (SSSR count). The van der Waals surface area contributed by atoms with Crippen molar-refractivity contribution >= 4 is 16.0 Å². The molecule has 1 saturated heterocycles. The minimum Gasteiger partial charge on any atom is -0.341 e. The van der Waals surface area contributed by atoms with E-state index in [2.05, 4.69) is 14.7 Å². The van der Waals surface area contributed by atoms with Crippen LogP contribution in [0.4, 0.5) is 23.5 Å². The zero-order valence-corrected chi connectivity index (χ0v) is 15.5. The summed E-state index contributed by atoms with van der Waals surface area (Å²) in [5.41, 5.74) is -1.01. The summed E-state index contributed by atoms with van der Waals surface area (Å²) in [6, 6.07) is 3.65. The molecule has 0 unspecified atom stereocenters. The molecule has 11 heteroatoms. The summed E-state index contributed by atoms with van der Waals surface area (Å²) in [7, 11) is -4.04. The van der Waals surface area contributed by atoms with Crippen molar-refractivity contribution in [2.24, 2.45) is 5.92 Å². The number of sulfonamides is 1. The van der Waals surface area contributed by atoms with E-state index >= 15 is 0 Å². The van der Waals surface area contributed by atoms with Gasteiger partial charge < -0.3 is 4.90 Å². The summed E-state index contributed by atoms with van der Waals surface area (Å²) >= 11 is 0. The van der Waals surface area contributed by atoms with Gasteiger partial charge in [0.15, 0.2) is 5.82 Å². The highest BCUT2D eigenvalue weighted by molar-refractivity contribution is 7.89. The van der Waals surface area contributed by atoms with E-state index in [9.17, 15) is 26.0 Å². The third-order valence-electron chi connectivity index (χ3n) is 4.54. The monoisotopic (exact) mass is 418 g/mol. The number of piperidine rings is 1. The van der Waals surface area contributed by atoms with Crippen LogP contribution in [-0.2, 0) is 16.2 Å². The normalized spacial score (nSPS) is 16.4. The molecule has 28 heavy (non-hydrogen) atoms. The van der Waals surface area contributed by atoms with Crippen molar-refractivity contribution < 1.29 is 26.0 Å². The van der Waals surface area contributed by atoms with E-state index in [0.29, 0.717) is 37.9 Å². The first kappa shape index (κ1) is 20.5. The second-order valence-corrected chi connectivity index (χ2v) is 8.28. The van der Waals surface area contributed by atoms with Gasteiger partial charge >= 0.3 is 6.18 Å². The Morgan fingerprint density at radius 2 is 1.79 bits per heavy atom. The minimum atomic E-state index is -4.61. The van der Waals surface area contributed by atoms with Crippen molar-refractivity contribution in [1.82, 2.24) is 14.7 Å². The molecule has 0 spiro atoms. The van der Waals surface area contributed by atoms with Crippen LogP contribution in [0.25, 0.3) is 0 Å². The van der Waals surface area contributed by atoms with E-state index in [-0.39, 0.29) is 12.5 Å². The molecule has 0 saturated carbocycles. The number of rotatable bonds is 5. The van der Waals surface area contributed by atoms with Gasteiger partial charge in [0.05, 0.1) is 22.9 Å². The maximum atomic E-state index is 12.9. The lowest BCUT2D eigenvalue weighted by atomic mass is 9.97. The number of alkyl halides is 3. The maximum Gasteiger partial charge on any atom is 0.416 e. The number of anilines is 1. The summed E-state index contributed by atoms with van der Waals surface area (Å²) in [5.74, 6) is -0.0932. The van der Waals surface area contributed by atoms with Crippen molar-refractivity contribution in [3.05, 3.63) is 48.0 Å². The largest absolute Gasteiger partial charge is 0.416 e. The highest BCUT2D eigenvalue weighted by Gasteiger charge is 2.32. The standard InChI is InChI=1S/C17H18F4N4O2S/c18-14-10-22-16(23-11-14)25-6-4-12(5-7-25)9-24-28(26,27)15-3-1-2-13(8-15)17(19,20)21/h1-3,8,10-12,24H,4-7,9H2. The predicted octanol–water partition coefficient (Wildman–Crippen LogP) is 2.83. The van der Waals surface area contributed by atoms with Gasteiger partial charge in [0.1, 0.15) is 0 Å². The number of nitrogens with zero attached hydrogens (tertiary/aromatic N) is 3. The Hall–Kier alpha value is -2.27.